The van der Waals surface area contributed by atoms with Crippen LogP contribution in [0.1, 0.15) is 24.0 Å². The van der Waals surface area contributed by atoms with E-state index in [2.05, 4.69) is 72.1 Å². The summed E-state index contributed by atoms with van der Waals surface area (Å²) in [6.07, 6.45) is 6.11. The molecule has 0 atom stereocenters. The molecule has 1 saturated heterocycles. The normalized spacial score (nSPS) is 20.3. The molecule has 6 nitrogen and oxygen atoms in total. The Morgan fingerprint density at radius 2 is 1.92 bits per heavy atom. The van der Waals surface area contributed by atoms with E-state index < -0.39 is 0 Å². The number of piperidine rings is 1. The summed E-state index contributed by atoms with van der Waals surface area (Å²) >= 11 is 3.51. The van der Waals surface area contributed by atoms with E-state index in [9.17, 15) is 0 Å². The molecule has 0 radical (unpaired) electrons. The molecule has 0 amide bonds. The third kappa shape index (κ3) is 2.86. The molecule has 0 bridgehead atoms. The third-order valence-corrected chi connectivity index (χ3v) is 5.93. The minimum absolute atomic E-state index is 0.540. The summed E-state index contributed by atoms with van der Waals surface area (Å²) in [5, 5.41) is 1.99. The number of hydrogen-bond donors (Lipinski definition) is 3. The van der Waals surface area contributed by atoms with Gasteiger partial charge in [-0.2, -0.15) is 0 Å². The van der Waals surface area contributed by atoms with Crippen molar-refractivity contribution >= 4 is 33.8 Å². The monoisotopic (exact) mass is 412 g/mol. The SMILES string of the molecule is Brc1ccc(CN2CCC(C3=C4c5cc[nH]c5N=CN4NN3)CC2)cc1. The van der Waals surface area contributed by atoms with E-state index in [-0.39, 0.29) is 0 Å². The Hall–Kier alpha value is -2.09. The quantitative estimate of drug-likeness (QED) is 0.723. The fourth-order valence-electron chi connectivity index (χ4n) is 4.02. The molecule has 2 aromatic rings. The number of nitrogens with one attached hydrogen (secondary N) is 3. The van der Waals surface area contributed by atoms with Gasteiger partial charge in [0.2, 0.25) is 0 Å². The molecule has 1 fully saturated rings. The Balaban J connectivity index is 1.29. The van der Waals surface area contributed by atoms with Crippen molar-refractivity contribution in [1.82, 2.24) is 25.9 Å². The predicted molar refractivity (Wildman–Crippen MR) is 106 cm³/mol. The summed E-state index contributed by atoms with van der Waals surface area (Å²) < 4.78 is 1.14. The molecule has 3 N–H and O–H groups in total. The average molecular weight is 413 g/mol. The number of aliphatic imine (C=N–C) groups is 1. The zero-order chi connectivity index (χ0) is 17.5. The first-order valence-electron chi connectivity index (χ1n) is 9.02. The van der Waals surface area contributed by atoms with Gasteiger partial charge >= 0.3 is 0 Å². The van der Waals surface area contributed by atoms with E-state index in [1.54, 1.807) is 0 Å². The van der Waals surface area contributed by atoms with Crippen LogP contribution in [0, 0.1) is 5.92 Å². The van der Waals surface area contributed by atoms with Gasteiger partial charge in [0, 0.05) is 28.7 Å². The van der Waals surface area contributed by atoms with Crippen LogP contribution in [0.2, 0.25) is 0 Å². The van der Waals surface area contributed by atoms with Crippen molar-refractivity contribution in [3.63, 3.8) is 0 Å². The number of hydrogen-bond acceptors (Lipinski definition) is 5. The number of nitrogens with zero attached hydrogens (tertiary/aromatic N) is 3. The Bertz CT molecular complexity index is 860. The molecule has 26 heavy (non-hydrogen) atoms. The molecule has 0 aliphatic carbocycles. The van der Waals surface area contributed by atoms with Crippen LogP contribution in [0.25, 0.3) is 5.70 Å². The molecule has 7 heteroatoms. The van der Waals surface area contributed by atoms with Gasteiger partial charge in [0.25, 0.3) is 0 Å². The summed E-state index contributed by atoms with van der Waals surface area (Å²) in [7, 11) is 0. The standard InChI is InChI=1S/C19H21BrN6/c20-15-3-1-13(2-4-15)11-25-9-6-14(7-10-25)17-18-16-5-8-21-19(16)22-12-26(18)24-23-17/h1-5,8,12,14,21,23-24H,6-7,9-11H2. The van der Waals surface area contributed by atoms with Crippen molar-refractivity contribution < 1.29 is 0 Å². The first kappa shape index (κ1) is 16.1. The van der Waals surface area contributed by atoms with Gasteiger partial charge in [-0.25, -0.2) is 10.0 Å². The van der Waals surface area contributed by atoms with Gasteiger partial charge in [0.1, 0.15) is 12.2 Å². The minimum Gasteiger partial charge on any atom is -0.346 e. The molecule has 134 valence electrons. The first-order chi connectivity index (χ1) is 12.8. The van der Waals surface area contributed by atoms with E-state index in [0.717, 1.165) is 48.3 Å². The van der Waals surface area contributed by atoms with E-state index in [1.807, 2.05) is 17.5 Å². The highest BCUT2D eigenvalue weighted by Crippen LogP contribution is 2.38. The second kappa shape index (κ2) is 6.57. The average Bonchev–Trinajstić information content (AvgIpc) is 3.30. The van der Waals surface area contributed by atoms with Gasteiger partial charge in [-0.1, -0.05) is 28.1 Å². The van der Waals surface area contributed by atoms with E-state index in [4.69, 9.17) is 0 Å². The summed E-state index contributed by atoms with van der Waals surface area (Å²) in [6.45, 7) is 3.26. The molecular formula is C19H21BrN6. The maximum Gasteiger partial charge on any atom is 0.141 e. The molecule has 4 heterocycles. The number of aromatic amines is 1. The number of likely N-dealkylation sites (tertiary alicyclic amines) is 1. The second-order valence-corrected chi connectivity index (χ2v) is 7.95. The summed E-state index contributed by atoms with van der Waals surface area (Å²) in [6, 6.07) is 10.8. The number of allylic oxidation sites excluding steroid dienone is 1. The molecule has 3 aliphatic rings. The second-order valence-electron chi connectivity index (χ2n) is 7.03. The number of benzene rings is 1. The lowest BCUT2D eigenvalue weighted by atomic mass is 9.91. The van der Waals surface area contributed by atoms with Crippen molar-refractivity contribution in [2.45, 2.75) is 19.4 Å². The highest BCUT2D eigenvalue weighted by molar-refractivity contribution is 9.10. The summed E-state index contributed by atoms with van der Waals surface area (Å²) in [4.78, 5) is 10.2. The lowest BCUT2D eigenvalue weighted by Gasteiger charge is -2.32. The molecule has 1 aromatic carbocycles. The Morgan fingerprint density at radius 3 is 2.73 bits per heavy atom. The van der Waals surface area contributed by atoms with Crippen LogP contribution in [-0.4, -0.2) is 34.3 Å². The van der Waals surface area contributed by atoms with Crippen LogP contribution in [-0.2, 0) is 6.54 Å². The first-order valence-corrected chi connectivity index (χ1v) is 9.81. The summed E-state index contributed by atoms with van der Waals surface area (Å²) in [5.41, 5.74) is 11.7. The van der Waals surface area contributed by atoms with Gasteiger partial charge < -0.3 is 10.4 Å². The Morgan fingerprint density at radius 1 is 1.12 bits per heavy atom. The Kier molecular flexibility index (Phi) is 4.07. The molecule has 0 spiro atoms. The topological polar surface area (TPSA) is 58.7 Å². The fourth-order valence-corrected chi connectivity index (χ4v) is 4.29. The smallest absolute Gasteiger partial charge is 0.141 e. The molecule has 0 saturated carbocycles. The van der Waals surface area contributed by atoms with E-state index in [0.29, 0.717) is 5.92 Å². The van der Waals surface area contributed by atoms with Gasteiger partial charge in [-0.15, -0.1) is 5.53 Å². The van der Waals surface area contributed by atoms with Gasteiger partial charge in [0.05, 0.1) is 11.4 Å². The lowest BCUT2D eigenvalue weighted by Crippen LogP contribution is -2.39. The zero-order valence-corrected chi connectivity index (χ0v) is 16.0. The number of hydrazine groups is 2. The number of H-pyrrole nitrogens is 1. The largest absolute Gasteiger partial charge is 0.346 e. The van der Waals surface area contributed by atoms with Crippen molar-refractivity contribution in [1.29, 1.82) is 0 Å². The van der Waals surface area contributed by atoms with Crippen molar-refractivity contribution in [3.8, 4) is 0 Å². The molecule has 1 aromatic heterocycles. The highest BCUT2D eigenvalue weighted by Gasteiger charge is 2.33. The van der Waals surface area contributed by atoms with Crippen LogP contribution < -0.4 is 11.0 Å². The van der Waals surface area contributed by atoms with Crippen LogP contribution in [0.3, 0.4) is 0 Å². The van der Waals surface area contributed by atoms with Crippen molar-refractivity contribution in [3.05, 3.63) is 57.8 Å². The molecule has 5 rings (SSSR count). The van der Waals surface area contributed by atoms with Crippen LogP contribution >= 0.6 is 15.9 Å². The van der Waals surface area contributed by atoms with E-state index >= 15 is 0 Å². The number of halogens is 1. The van der Waals surface area contributed by atoms with Crippen LogP contribution in [0.5, 0.6) is 0 Å². The zero-order valence-electron chi connectivity index (χ0n) is 14.4. The summed E-state index contributed by atoms with van der Waals surface area (Å²) in [5.74, 6) is 1.48. The van der Waals surface area contributed by atoms with Gasteiger partial charge in [0.15, 0.2) is 0 Å². The predicted octanol–water partition coefficient (Wildman–Crippen LogP) is 3.36. The maximum atomic E-state index is 4.44. The number of rotatable bonds is 3. The number of fused-ring (bicyclic) bond motifs is 3. The van der Waals surface area contributed by atoms with E-state index in [1.165, 1.54) is 17.0 Å². The third-order valence-electron chi connectivity index (χ3n) is 5.40. The van der Waals surface area contributed by atoms with Crippen LogP contribution in [0.15, 0.2) is 51.7 Å². The molecular weight excluding hydrogens is 392 g/mol. The highest BCUT2D eigenvalue weighted by atomic mass is 79.9. The van der Waals surface area contributed by atoms with Gasteiger partial charge in [-0.05, 0) is 49.7 Å². The number of aromatic nitrogens is 1. The minimum atomic E-state index is 0.540. The molecule has 0 unspecified atom stereocenters. The molecule has 3 aliphatic heterocycles. The maximum absolute atomic E-state index is 4.44. The van der Waals surface area contributed by atoms with Crippen LogP contribution in [0.4, 0.5) is 5.82 Å². The van der Waals surface area contributed by atoms with Gasteiger partial charge in [-0.3, -0.25) is 4.90 Å². The Labute approximate surface area is 161 Å². The lowest BCUT2D eigenvalue weighted by molar-refractivity contribution is 0.188. The van der Waals surface area contributed by atoms with Crippen molar-refractivity contribution in [2.75, 3.05) is 13.1 Å². The van der Waals surface area contributed by atoms with Crippen molar-refractivity contribution in [2.24, 2.45) is 10.9 Å². The fraction of sp³-hybridized carbons (Fsp3) is 0.316.